The average molecular weight is 510 g/mol. The predicted octanol–water partition coefficient (Wildman–Crippen LogP) is 2.75. The van der Waals surface area contributed by atoms with E-state index in [-0.39, 0.29) is 43.4 Å². The van der Waals surface area contributed by atoms with Gasteiger partial charge in [-0.25, -0.2) is 13.1 Å². The summed E-state index contributed by atoms with van der Waals surface area (Å²) >= 11 is 0. The number of likely N-dealkylation sites (N-methyl/N-ethyl adjacent to an activating group) is 1. The lowest BCUT2D eigenvalue weighted by atomic mass is 10.0. The minimum Gasteiger partial charge on any atom is -0.392 e. The molecule has 2 unspecified atom stereocenters. The van der Waals surface area contributed by atoms with E-state index in [0.29, 0.717) is 13.1 Å². The van der Waals surface area contributed by atoms with Gasteiger partial charge in [-0.1, -0.05) is 54.6 Å². The molecule has 0 spiro atoms. The molecule has 1 aliphatic heterocycles. The summed E-state index contributed by atoms with van der Waals surface area (Å²) < 4.78 is 26.5. The molecule has 3 rings (SSSR count). The Hall–Kier alpha value is -1.97. The van der Waals surface area contributed by atoms with Crippen LogP contribution in [0.3, 0.4) is 0 Å². The van der Waals surface area contributed by atoms with Gasteiger partial charge in [0.2, 0.25) is 15.9 Å². The van der Waals surface area contributed by atoms with Gasteiger partial charge in [0, 0.05) is 33.2 Å². The minimum atomic E-state index is -3.32. The highest BCUT2D eigenvalue weighted by Crippen LogP contribution is 2.24. The van der Waals surface area contributed by atoms with Crippen LogP contribution in [0.2, 0.25) is 0 Å². The van der Waals surface area contributed by atoms with Crippen LogP contribution in [0.25, 0.3) is 0 Å². The lowest BCUT2D eigenvalue weighted by molar-refractivity contribution is -0.131. The first-order valence-electron chi connectivity index (χ1n) is 11.4. The number of carbonyl (C=O) groups is 1. The summed E-state index contributed by atoms with van der Waals surface area (Å²) in [5.41, 5.74) is 2.80. The fourth-order valence-corrected chi connectivity index (χ4v) is 4.65. The molecule has 2 aromatic carbocycles. The Morgan fingerprint density at radius 1 is 1.12 bits per heavy atom. The number of carbonyl (C=O) groups excluding carboxylic acids is 1. The molecule has 1 saturated heterocycles. The zero-order valence-corrected chi connectivity index (χ0v) is 21.7. The predicted molar refractivity (Wildman–Crippen MR) is 137 cm³/mol. The van der Waals surface area contributed by atoms with Crippen LogP contribution in [-0.4, -0.2) is 67.3 Å². The van der Waals surface area contributed by atoms with E-state index in [1.54, 1.807) is 18.7 Å². The standard InChI is InChI=1S/C25H35N3O4S.ClH/c1-19(2)33(31,32)26-16-21-11-9-20(10-12-21)15-25(30)27(3)24(22-7-5-4-6-8-22)18-28-14-13-23(29)17-28;/h4-12,19,23-24,26,29H,13-18H2,1-3H3;1H. The molecule has 0 bridgehead atoms. The lowest BCUT2D eigenvalue weighted by Crippen LogP contribution is -2.39. The van der Waals surface area contributed by atoms with Crippen molar-refractivity contribution in [2.75, 3.05) is 26.7 Å². The first-order chi connectivity index (χ1) is 15.7. The van der Waals surface area contributed by atoms with Gasteiger partial charge in [0.1, 0.15) is 0 Å². The summed E-state index contributed by atoms with van der Waals surface area (Å²) in [7, 11) is -1.48. The molecular formula is C25H36ClN3O4S. The van der Waals surface area contributed by atoms with Gasteiger partial charge >= 0.3 is 0 Å². The molecule has 9 heteroatoms. The van der Waals surface area contributed by atoms with Gasteiger partial charge in [0.25, 0.3) is 0 Å². The number of amides is 1. The third kappa shape index (κ3) is 7.78. The molecule has 0 aliphatic carbocycles. The molecule has 188 valence electrons. The number of halogens is 1. The molecule has 1 amide bonds. The van der Waals surface area contributed by atoms with E-state index in [0.717, 1.165) is 29.7 Å². The second kappa shape index (κ2) is 12.7. The van der Waals surface area contributed by atoms with Crippen molar-refractivity contribution in [3.05, 3.63) is 71.3 Å². The number of aliphatic hydroxyl groups excluding tert-OH is 1. The number of nitrogens with one attached hydrogen (secondary N) is 1. The van der Waals surface area contributed by atoms with E-state index >= 15 is 0 Å². The van der Waals surface area contributed by atoms with Crippen molar-refractivity contribution in [3.63, 3.8) is 0 Å². The van der Waals surface area contributed by atoms with Crippen LogP contribution >= 0.6 is 12.4 Å². The van der Waals surface area contributed by atoms with Crippen molar-refractivity contribution in [1.82, 2.24) is 14.5 Å². The third-order valence-electron chi connectivity index (χ3n) is 6.20. The molecule has 2 N–H and O–H groups in total. The molecule has 7 nitrogen and oxygen atoms in total. The lowest BCUT2D eigenvalue weighted by Gasteiger charge is -2.32. The van der Waals surface area contributed by atoms with Crippen LogP contribution in [-0.2, 0) is 27.8 Å². The number of nitrogens with zero attached hydrogens (tertiary/aromatic N) is 2. The van der Waals surface area contributed by atoms with Crippen molar-refractivity contribution < 1.29 is 18.3 Å². The molecule has 1 aliphatic rings. The third-order valence-corrected chi connectivity index (χ3v) is 7.99. The maximum absolute atomic E-state index is 13.1. The summed E-state index contributed by atoms with van der Waals surface area (Å²) in [6.07, 6.45) is 0.727. The van der Waals surface area contributed by atoms with Gasteiger partial charge in [-0.2, -0.15) is 0 Å². The van der Waals surface area contributed by atoms with E-state index in [1.165, 1.54) is 0 Å². The SMILES string of the molecule is CC(C)S(=O)(=O)NCc1ccc(CC(=O)N(C)C(CN2CCC(O)C2)c2ccccc2)cc1.Cl. The second-order valence-electron chi connectivity index (χ2n) is 9.04. The van der Waals surface area contributed by atoms with Crippen LogP contribution in [0.15, 0.2) is 54.6 Å². The average Bonchev–Trinajstić information content (AvgIpc) is 3.21. The number of sulfonamides is 1. The largest absolute Gasteiger partial charge is 0.392 e. The number of hydrogen-bond donors (Lipinski definition) is 2. The van der Waals surface area contributed by atoms with E-state index in [1.807, 2.05) is 61.6 Å². The summed E-state index contributed by atoms with van der Waals surface area (Å²) in [6.45, 7) is 5.65. The summed E-state index contributed by atoms with van der Waals surface area (Å²) in [4.78, 5) is 17.2. The quantitative estimate of drug-likeness (QED) is 0.514. The molecule has 1 heterocycles. The van der Waals surface area contributed by atoms with Gasteiger partial charge in [0.05, 0.1) is 23.8 Å². The Bertz CT molecular complexity index is 1020. The Kier molecular flexibility index (Phi) is 10.5. The van der Waals surface area contributed by atoms with E-state index in [4.69, 9.17) is 0 Å². The Morgan fingerprint density at radius 2 is 1.74 bits per heavy atom. The topological polar surface area (TPSA) is 90.0 Å². The molecular weight excluding hydrogens is 474 g/mol. The molecule has 0 saturated carbocycles. The number of rotatable bonds is 10. The van der Waals surface area contributed by atoms with Crippen LogP contribution in [0, 0.1) is 0 Å². The van der Waals surface area contributed by atoms with Crippen molar-refractivity contribution in [2.45, 2.75) is 50.6 Å². The minimum absolute atomic E-state index is 0. The smallest absolute Gasteiger partial charge is 0.227 e. The fourth-order valence-electron chi connectivity index (χ4n) is 3.95. The maximum Gasteiger partial charge on any atom is 0.227 e. The van der Waals surface area contributed by atoms with Crippen molar-refractivity contribution in [3.8, 4) is 0 Å². The van der Waals surface area contributed by atoms with Crippen molar-refractivity contribution in [1.29, 1.82) is 0 Å². The summed E-state index contributed by atoms with van der Waals surface area (Å²) in [6, 6.07) is 17.3. The number of aliphatic hydroxyl groups is 1. The van der Waals surface area contributed by atoms with Gasteiger partial charge in [-0.15, -0.1) is 12.4 Å². The van der Waals surface area contributed by atoms with Gasteiger partial charge in [-0.3, -0.25) is 9.69 Å². The van der Waals surface area contributed by atoms with Crippen LogP contribution < -0.4 is 4.72 Å². The van der Waals surface area contributed by atoms with Gasteiger partial charge < -0.3 is 10.0 Å². The van der Waals surface area contributed by atoms with Crippen molar-refractivity contribution >= 4 is 28.3 Å². The van der Waals surface area contributed by atoms with Crippen LogP contribution in [0.5, 0.6) is 0 Å². The first-order valence-corrected chi connectivity index (χ1v) is 13.0. The number of hydrogen-bond acceptors (Lipinski definition) is 5. The number of β-amino-alcohol motifs (C(OH)–C–C–N with tert-alkyl or cyclic N) is 1. The Balaban J connectivity index is 0.00000408. The highest BCUT2D eigenvalue weighted by Gasteiger charge is 2.28. The molecule has 2 atom stereocenters. The Morgan fingerprint density at radius 3 is 2.29 bits per heavy atom. The summed E-state index contributed by atoms with van der Waals surface area (Å²) in [5, 5.41) is 9.42. The zero-order valence-electron chi connectivity index (χ0n) is 20.1. The van der Waals surface area contributed by atoms with Crippen LogP contribution in [0.4, 0.5) is 0 Å². The molecule has 1 fully saturated rings. The summed E-state index contributed by atoms with van der Waals surface area (Å²) in [5.74, 6) is 0.0110. The highest BCUT2D eigenvalue weighted by atomic mass is 35.5. The fraction of sp³-hybridized carbons (Fsp3) is 0.480. The van der Waals surface area contributed by atoms with Crippen molar-refractivity contribution in [2.24, 2.45) is 0 Å². The number of likely N-dealkylation sites (tertiary alicyclic amines) is 1. The zero-order chi connectivity index (χ0) is 24.0. The highest BCUT2D eigenvalue weighted by molar-refractivity contribution is 7.90. The molecule has 0 radical (unpaired) electrons. The van der Waals surface area contributed by atoms with Gasteiger partial charge in [-0.05, 0) is 37.0 Å². The second-order valence-corrected chi connectivity index (χ2v) is 11.4. The normalized spacial score (nSPS) is 17.4. The maximum atomic E-state index is 13.1. The Labute approximate surface area is 209 Å². The molecule has 0 aromatic heterocycles. The van der Waals surface area contributed by atoms with Gasteiger partial charge in [0.15, 0.2) is 0 Å². The molecule has 34 heavy (non-hydrogen) atoms. The molecule has 2 aromatic rings. The monoisotopic (exact) mass is 509 g/mol. The van der Waals surface area contributed by atoms with E-state index < -0.39 is 15.3 Å². The van der Waals surface area contributed by atoms with Crippen LogP contribution in [0.1, 0.15) is 43.0 Å². The van der Waals surface area contributed by atoms with E-state index in [2.05, 4.69) is 9.62 Å². The first kappa shape index (κ1) is 28.3. The number of benzene rings is 2. The van der Waals surface area contributed by atoms with E-state index in [9.17, 15) is 18.3 Å².